The van der Waals surface area contributed by atoms with E-state index in [-0.39, 0.29) is 17.7 Å². The van der Waals surface area contributed by atoms with Crippen molar-refractivity contribution in [3.63, 3.8) is 0 Å². The standard InChI is InChI=1S/C21H18N4O3/c1-13-17-7-5-14(10-18(17)25(2)21(13)27)20(26)24-15-6-8-19(23-11-15)28-16-4-3-9-22-12-16/h3-13H,1-2H3,(H,24,26). The number of carbonyl (C=O) groups is 2. The zero-order valence-electron chi connectivity index (χ0n) is 15.4. The van der Waals surface area contributed by atoms with Gasteiger partial charge in [0, 0.05) is 30.6 Å². The highest BCUT2D eigenvalue weighted by Gasteiger charge is 2.32. The zero-order chi connectivity index (χ0) is 19.7. The van der Waals surface area contributed by atoms with Crippen LogP contribution < -0.4 is 15.0 Å². The van der Waals surface area contributed by atoms with Crippen LogP contribution in [0.15, 0.2) is 61.1 Å². The Morgan fingerprint density at radius 1 is 1.18 bits per heavy atom. The van der Waals surface area contributed by atoms with Gasteiger partial charge in [0.15, 0.2) is 0 Å². The minimum absolute atomic E-state index is 0.0287. The fraction of sp³-hybridized carbons (Fsp3) is 0.143. The van der Waals surface area contributed by atoms with Crippen molar-refractivity contribution in [2.24, 2.45) is 0 Å². The largest absolute Gasteiger partial charge is 0.437 e. The monoisotopic (exact) mass is 374 g/mol. The second kappa shape index (κ2) is 7.11. The number of amides is 2. The van der Waals surface area contributed by atoms with Gasteiger partial charge in [-0.25, -0.2) is 4.98 Å². The van der Waals surface area contributed by atoms with E-state index >= 15 is 0 Å². The molecule has 0 saturated carbocycles. The number of anilines is 2. The number of benzene rings is 1. The molecule has 0 fully saturated rings. The highest BCUT2D eigenvalue weighted by atomic mass is 16.5. The van der Waals surface area contributed by atoms with Crippen molar-refractivity contribution in [1.29, 1.82) is 0 Å². The summed E-state index contributed by atoms with van der Waals surface area (Å²) in [7, 11) is 1.72. The summed E-state index contributed by atoms with van der Waals surface area (Å²) in [6.07, 6.45) is 4.77. The number of nitrogens with zero attached hydrogens (tertiary/aromatic N) is 3. The third-order valence-electron chi connectivity index (χ3n) is 4.67. The molecular weight excluding hydrogens is 356 g/mol. The lowest BCUT2D eigenvalue weighted by Gasteiger charge is -2.12. The number of rotatable bonds is 4. The molecule has 0 bridgehead atoms. The van der Waals surface area contributed by atoms with E-state index in [4.69, 9.17) is 4.74 Å². The van der Waals surface area contributed by atoms with Gasteiger partial charge >= 0.3 is 0 Å². The van der Waals surface area contributed by atoms with Crippen molar-refractivity contribution >= 4 is 23.2 Å². The van der Waals surface area contributed by atoms with Crippen LogP contribution in [0.3, 0.4) is 0 Å². The Bertz CT molecular complexity index is 1040. The molecule has 2 amide bonds. The molecule has 0 saturated heterocycles. The Kier molecular flexibility index (Phi) is 4.49. The zero-order valence-corrected chi connectivity index (χ0v) is 15.4. The number of likely N-dealkylation sites (N-methyl/N-ethyl adjacent to an activating group) is 1. The Morgan fingerprint density at radius 3 is 2.75 bits per heavy atom. The van der Waals surface area contributed by atoms with E-state index < -0.39 is 0 Å². The summed E-state index contributed by atoms with van der Waals surface area (Å²) in [5.41, 5.74) is 2.72. The maximum Gasteiger partial charge on any atom is 0.255 e. The van der Waals surface area contributed by atoms with Gasteiger partial charge in [-0.05, 0) is 42.8 Å². The molecule has 28 heavy (non-hydrogen) atoms. The average molecular weight is 374 g/mol. The topological polar surface area (TPSA) is 84.4 Å². The molecule has 1 N–H and O–H groups in total. The van der Waals surface area contributed by atoms with Crippen molar-refractivity contribution in [1.82, 2.24) is 9.97 Å². The van der Waals surface area contributed by atoms with Gasteiger partial charge in [0.05, 0.1) is 24.0 Å². The summed E-state index contributed by atoms with van der Waals surface area (Å²) in [5, 5.41) is 2.80. The van der Waals surface area contributed by atoms with E-state index in [9.17, 15) is 9.59 Å². The smallest absolute Gasteiger partial charge is 0.255 e. The molecule has 2 aromatic heterocycles. The summed E-state index contributed by atoms with van der Waals surface area (Å²) in [4.78, 5) is 34.4. The quantitative estimate of drug-likeness (QED) is 0.754. The summed E-state index contributed by atoms with van der Waals surface area (Å²) < 4.78 is 5.58. The van der Waals surface area contributed by atoms with Crippen LogP contribution >= 0.6 is 0 Å². The molecule has 0 aliphatic carbocycles. The Labute approximate surface area is 162 Å². The van der Waals surface area contributed by atoms with Crippen LogP contribution in [-0.4, -0.2) is 28.8 Å². The van der Waals surface area contributed by atoms with E-state index in [2.05, 4.69) is 15.3 Å². The van der Waals surface area contributed by atoms with Gasteiger partial charge in [0.1, 0.15) is 5.75 Å². The number of aromatic nitrogens is 2. The SMILES string of the molecule is CC1C(=O)N(C)c2cc(C(=O)Nc3ccc(Oc4cccnc4)nc3)ccc21. The number of carbonyl (C=O) groups excluding carboxylic acids is 2. The summed E-state index contributed by atoms with van der Waals surface area (Å²) in [5.74, 6) is 0.552. The Hall–Kier alpha value is -3.74. The molecule has 0 spiro atoms. The van der Waals surface area contributed by atoms with Crippen LogP contribution in [0.1, 0.15) is 28.8 Å². The van der Waals surface area contributed by atoms with Gasteiger partial charge in [-0.3, -0.25) is 14.6 Å². The highest BCUT2D eigenvalue weighted by Crippen LogP contribution is 2.36. The molecule has 4 rings (SSSR count). The van der Waals surface area contributed by atoms with Gasteiger partial charge in [-0.1, -0.05) is 6.07 Å². The maximum atomic E-state index is 12.6. The number of nitrogens with one attached hydrogen (secondary N) is 1. The molecule has 3 aromatic rings. The van der Waals surface area contributed by atoms with E-state index in [0.29, 0.717) is 22.9 Å². The Balaban J connectivity index is 1.46. The lowest BCUT2D eigenvalue weighted by molar-refractivity contribution is -0.118. The summed E-state index contributed by atoms with van der Waals surface area (Å²) in [6, 6.07) is 12.2. The van der Waals surface area contributed by atoms with Crippen LogP contribution in [0, 0.1) is 0 Å². The van der Waals surface area contributed by atoms with Gasteiger partial charge in [-0.15, -0.1) is 0 Å². The predicted molar refractivity (Wildman–Crippen MR) is 105 cm³/mol. The number of hydrogen-bond acceptors (Lipinski definition) is 5. The van der Waals surface area contributed by atoms with Crippen LogP contribution in [0.25, 0.3) is 0 Å². The van der Waals surface area contributed by atoms with Crippen molar-refractivity contribution in [2.75, 3.05) is 17.3 Å². The molecule has 1 atom stereocenters. The molecule has 140 valence electrons. The molecule has 7 heteroatoms. The number of fused-ring (bicyclic) bond motifs is 1. The lowest BCUT2D eigenvalue weighted by atomic mass is 10.0. The minimum Gasteiger partial charge on any atom is -0.437 e. The molecule has 7 nitrogen and oxygen atoms in total. The first kappa shape index (κ1) is 17.7. The van der Waals surface area contributed by atoms with Crippen LogP contribution in [0.5, 0.6) is 11.6 Å². The van der Waals surface area contributed by atoms with Gasteiger partial charge in [-0.2, -0.15) is 0 Å². The molecule has 1 aliphatic heterocycles. The van der Waals surface area contributed by atoms with Crippen LogP contribution in [-0.2, 0) is 4.79 Å². The second-order valence-electron chi connectivity index (χ2n) is 6.52. The van der Waals surface area contributed by atoms with Crippen LogP contribution in [0.4, 0.5) is 11.4 Å². The normalized spacial score (nSPS) is 15.3. The number of ether oxygens (including phenoxy) is 1. The molecule has 3 heterocycles. The van der Waals surface area contributed by atoms with Crippen molar-refractivity contribution in [2.45, 2.75) is 12.8 Å². The van der Waals surface area contributed by atoms with Gasteiger partial charge in [0.2, 0.25) is 11.8 Å². The van der Waals surface area contributed by atoms with E-state index in [0.717, 1.165) is 11.3 Å². The molecule has 1 aromatic carbocycles. The molecule has 1 unspecified atom stereocenters. The fourth-order valence-corrected chi connectivity index (χ4v) is 3.13. The maximum absolute atomic E-state index is 12.6. The molecule has 0 radical (unpaired) electrons. The predicted octanol–water partition coefficient (Wildman–Crippen LogP) is 3.60. The lowest BCUT2D eigenvalue weighted by Crippen LogP contribution is -2.22. The average Bonchev–Trinajstić information content (AvgIpc) is 2.94. The van der Waals surface area contributed by atoms with E-state index in [1.165, 1.54) is 6.20 Å². The van der Waals surface area contributed by atoms with Crippen molar-refractivity contribution in [3.8, 4) is 11.6 Å². The van der Waals surface area contributed by atoms with E-state index in [1.807, 2.05) is 13.0 Å². The summed E-state index contributed by atoms with van der Waals surface area (Å²) in [6.45, 7) is 1.87. The highest BCUT2D eigenvalue weighted by molar-refractivity contribution is 6.08. The Morgan fingerprint density at radius 2 is 2.04 bits per heavy atom. The fourth-order valence-electron chi connectivity index (χ4n) is 3.13. The minimum atomic E-state index is -0.272. The first-order valence-electron chi connectivity index (χ1n) is 8.80. The first-order valence-corrected chi connectivity index (χ1v) is 8.80. The molecular formula is C21H18N4O3. The summed E-state index contributed by atoms with van der Waals surface area (Å²) >= 11 is 0. The second-order valence-corrected chi connectivity index (χ2v) is 6.52. The third kappa shape index (κ3) is 3.29. The van der Waals surface area contributed by atoms with Crippen molar-refractivity contribution < 1.29 is 14.3 Å². The third-order valence-corrected chi connectivity index (χ3v) is 4.67. The van der Waals surface area contributed by atoms with Crippen molar-refractivity contribution in [3.05, 3.63) is 72.2 Å². The molecule has 1 aliphatic rings. The number of pyridine rings is 2. The first-order chi connectivity index (χ1) is 13.5. The number of hydrogen-bond donors (Lipinski definition) is 1. The van der Waals surface area contributed by atoms with Crippen LogP contribution in [0.2, 0.25) is 0 Å². The van der Waals surface area contributed by atoms with Gasteiger partial charge in [0.25, 0.3) is 5.91 Å². The van der Waals surface area contributed by atoms with E-state index in [1.54, 1.807) is 60.7 Å². The van der Waals surface area contributed by atoms with Gasteiger partial charge < -0.3 is 15.0 Å².